The third kappa shape index (κ3) is 4.34. The van der Waals surface area contributed by atoms with E-state index in [0.717, 1.165) is 11.3 Å². The lowest BCUT2D eigenvalue weighted by Gasteiger charge is -2.13. The van der Waals surface area contributed by atoms with Gasteiger partial charge >= 0.3 is 5.97 Å². The minimum absolute atomic E-state index is 0.175. The predicted octanol–water partition coefficient (Wildman–Crippen LogP) is 2.86. The van der Waals surface area contributed by atoms with Gasteiger partial charge in [0.2, 0.25) is 0 Å². The molecule has 0 saturated heterocycles. The van der Waals surface area contributed by atoms with Crippen molar-refractivity contribution in [2.75, 3.05) is 20.3 Å². The zero-order chi connectivity index (χ0) is 19.2. The number of methoxy groups -OCH3 is 1. The maximum Gasteiger partial charge on any atom is 0.306 e. The van der Waals surface area contributed by atoms with E-state index in [-0.39, 0.29) is 37.4 Å². The Hall–Kier alpha value is -3.15. The summed E-state index contributed by atoms with van der Waals surface area (Å²) in [6, 6.07) is 14.3. The number of rotatable bonds is 8. The molecule has 0 bridgehead atoms. The van der Waals surface area contributed by atoms with Gasteiger partial charge in [-0.2, -0.15) is 0 Å². The summed E-state index contributed by atoms with van der Waals surface area (Å²) < 4.78 is 10.3. The van der Waals surface area contributed by atoms with Gasteiger partial charge < -0.3 is 9.47 Å². The number of ether oxygens (including phenoxy) is 2. The van der Waals surface area contributed by atoms with Crippen molar-refractivity contribution < 1.29 is 23.9 Å². The number of aryl methyl sites for hydroxylation is 1. The van der Waals surface area contributed by atoms with Crippen LogP contribution >= 0.6 is 0 Å². The predicted molar refractivity (Wildman–Crippen MR) is 98.7 cm³/mol. The Morgan fingerprint density at radius 3 is 2.19 bits per heavy atom. The van der Waals surface area contributed by atoms with Crippen LogP contribution in [0.15, 0.2) is 48.5 Å². The quantitative estimate of drug-likeness (QED) is 0.408. The van der Waals surface area contributed by atoms with Gasteiger partial charge in [0.15, 0.2) is 0 Å². The number of hydrogen-bond acceptors (Lipinski definition) is 5. The van der Waals surface area contributed by atoms with Gasteiger partial charge in [0.25, 0.3) is 11.8 Å². The second-order valence-corrected chi connectivity index (χ2v) is 6.23. The molecule has 0 aliphatic carbocycles. The average molecular weight is 367 g/mol. The lowest BCUT2D eigenvalue weighted by Crippen LogP contribution is -2.31. The molecule has 6 nitrogen and oxygen atoms in total. The van der Waals surface area contributed by atoms with E-state index >= 15 is 0 Å². The summed E-state index contributed by atoms with van der Waals surface area (Å²) in [6.07, 6.45) is 1.28. The zero-order valence-electron chi connectivity index (χ0n) is 15.1. The van der Waals surface area contributed by atoms with Crippen LogP contribution in [-0.4, -0.2) is 42.9 Å². The minimum atomic E-state index is -0.298. The van der Waals surface area contributed by atoms with Crippen molar-refractivity contribution in [2.45, 2.75) is 19.3 Å². The van der Waals surface area contributed by atoms with Gasteiger partial charge in [0, 0.05) is 13.0 Å². The van der Waals surface area contributed by atoms with Crippen LogP contribution in [-0.2, 0) is 16.0 Å². The fourth-order valence-electron chi connectivity index (χ4n) is 2.96. The van der Waals surface area contributed by atoms with Crippen molar-refractivity contribution in [1.29, 1.82) is 0 Å². The highest BCUT2D eigenvalue weighted by Crippen LogP contribution is 2.22. The molecular weight excluding hydrogens is 346 g/mol. The van der Waals surface area contributed by atoms with Gasteiger partial charge in [-0.15, -0.1) is 0 Å². The smallest absolute Gasteiger partial charge is 0.306 e. The maximum absolute atomic E-state index is 12.2. The molecule has 0 aromatic heterocycles. The van der Waals surface area contributed by atoms with Gasteiger partial charge in [-0.1, -0.05) is 24.3 Å². The summed E-state index contributed by atoms with van der Waals surface area (Å²) >= 11 is 0. The Bertz CT molecular complexity index is 809. The molecule has 0 atom stereocenters. The zero-order valence-corrected chi connectivity index (χ0v) is 15.1. The Balaban J connectivity index is 1.38. The molecule has 6 heteroatoms. The lowest BCUT2D eigenvalue weighted by atomic mass is 10.1. The van der Waals surface area contributed by atoms with Crippen molar-refractivity contribution in [3.8, 4) is 5.75 Å². The van der Waals surface area contributed by atoms with Gasteiger partial charge in [-0.25, -0.2) is 0 Å². The highest BCUT2D eigenvalue weighted by Gasteiger charge is 2.34. The number of nitrogens with zero attached hydrogens (tertiary/aromatic N) is 1. The number of carbonyl (C=O) groups is 3. The molecule has 0 fully saturated rings. The van der Waals surface area contributed by atoms with E-state index in [1.165, 1.54) is 4.90 Å². The molecule has 27 heavy (non-hydrogen) atoms. The lowest BCUT2D eigenvalue weighted by molar-refractivity contribution is -0.143. The molecular formula is C21H21NO5. The number of hydrogen-bond donors (Lipinski definition) is 0. The molecule has 1 heterocycles. The average Bonchev–Trinajstić information content (AvgIpc) is 2.95. The van der Waals surface area contributed by atoms with Crippen LogP contribution in [0.25, 0.3) is 0 Å². The van der Waals surface area contributed by atoms with Crippen molar-refractivity contribution >= 4 is 17.8 Å². The topological polar surface area (TPSA) is 72.9 Å². The summed E-state index contributed by atoms with van der Waals surface area (Å²) in [5, 5.41) is 0. The second kappa shape index (κ2) is 8.49. The number of esters is 1. The Kier molecular flexibility index (Phi) is 5.86. The van der Waals surface area contributed by atoms with Crippen LogP contribution in [0.3, 0.4) is 0 Å². The molecule has 0 radical (unpaired) electrons. The highest BCUT2D eigenvalue weighted by atomic mass is 16.5. The first-order valence-corrected chi connectivity index (χ1v) is 8.84. The summed E-state index contributed by atoms with van der Waals surface area (Å²) in [6.45, 7) is 0.410. The Labute approximate surface area is 157 Å². The molecule has 2 aromatic rings. The standard InChI is InChI=1S/C21H21NO5/c1-26-16-10-7-15(8-11-16)9-12-19(23)27-14-4-13-22-20(24)17-5-2-3-6-18(17)21(22)25/h2-3,5-8,10-11H,4,9,12-14H2,1H3. The minimum Gasteiger partial charge on any atom is -0.497 e. The molecule has 0 unspecified atom stereocenters. The largest absolute Gasteiger partial charge is 0.497 e. The summed E-state index contributed by atoms with van der Waals surface area (Å²) in [5.74, 6) is -0.106. The Morgan fingerprint density at radius 2 is 1.59 bits per heavy atom. The van der Waals surface area contributed by atoms with E-state index in [9.17, 15) is 14.4 Å². The van der Waals surface area contributed by atoms with E-state index in [2.05, 4.69) is 0 Å². The summed E-state index contributed by atoms with van der Waals surface area (Å²) in [7, 11) is 1.61. The van der Waals surface area contributed by atoms with Crippen molar-refractivity contribution in [3.63, 3.8) is 0 Å². The van der Waals surface area contributed by atoms with E-state index in [0.29, 0.717) is 24.0 Å². The van der Waals surface area contributed by atoms with Crippen LogP contribution in [0, 0.1) is 0 Å². The Morgan fingerprint density at radius 1 is 0.963 bits per heavy atom. The third-order valence-corrected chi connectivity index (χ3v) is 4.44. The monoisotopic (exact) mass is 367 g/mol. The van der Waals surface area contributed by atoms with Crippen LogP contribution in [0.5, 0.6) is 5.75 Å². The number of amides is 2. The van der Waals surface area contributed by atoms with Crippen molar-refractivity contribution in [2.24, 2.45) is 0 Å². The molecule has 0 spiro atoms. The van der Waals surface area contributed by atoms with E-state index < -0.39 is 0 Å². The van der Waals surface area contributed by atoms with Crippen molar-refractivity contribution in [3.05, 3.63) is 65.2 Å². The first kappa shape index (κ1) is 18.6. The molecule has 1 aliphatic rings. The molecule has 3 rings (SSSR count). The SMILES string of the molecule is COc1ccc(CCC(=O)OCCCN2C(=O)c3ccccc3C2=O)cc1. The highest BCUT2D eigenvalue weighted by molar-refractivity contribution is 6.21. The van der Waals surface area contributed by atoms with E-state index in [1.54, 1.807) is 31.4 Å². The third-order valence-electron chi connectivity index (χ3n) is 4.44. The molecule has 1 aliphatic heterocycles. The summed E-state index contributed by atoms with van der Waals surface area (Å²) in [4.78, 5) is 37.5. The van der Waals surface area contributed by atoms with E-state index in [4.69, 9.17) is 9.47 Å². The van der Waals surface area contributed by atoms with Gasteiger partial charge in [0.05, 0.1) is 24.8 Å². The van der Waals surface area contributed by atoms with Crippen LogP contribution in [0.2, 0.25) is 0 Å². The molecule has 2 aromatic carbocycles. The van der Waals surface area contributed by atoms with Gasteiger partial charge in [-0.3, -0.25) is 19.3 Å². The van der Waals surface area contributed by atoms with Crippen molar-refractivity contribution in [1.82, 2.24) is 4.90 Å². The van der Waals surface area contributed by atoms with Crippen LogP contribution in [0.1, 0.15) is 39.1 Å². The number of carbonyl (C=O) groups excluding carboxylic acids is 3. The first-order chi connectivity index (χ1) is 13.1. The fraction of sp³-hybridized carbons (Fsp3) is 0.286. The number of fused-ring (bicyclic) bond motifs is 1. The number of imide groups is 1. The van der Waals surface area contributed by atoms with Gasteiger partial charge in [0.1, 0.15) is 5.75 Å². The summed E-state index contributed by atoms with van der Waals surface area (Å²) in [5.41, 5.74) is 1.89. The second-order valence-electron chi connectivity index (χ2n) is 6.23. The van der Waals surface area contributed by atoms with Crippen LogP contribution in [0.4, 0.5) is 0 Å². The maximum atomic E-state index is 12.2. The fourth-order valence-corrected chi connectivity index (χ4v) is 2.96. The normalized spacial score (nSPS) is 12.9. The molecule has 0 saturated carbocycles. The molecule has 0 N–H and O–H groups in total. The molecule has 140 valence electrons. The number of benzene rings is 2. The molecule has 2 amide bonds. The van der Waals surface area contributed by atoms with Gasteiger partial charge in [-0.05, 0) is 42.7 Å². The first-order valence-electron chi connectivity index (χ1n) is 8.84. The van der Waals surface area contributed by atoms with Crippen LogP contribution < -0.4 is 4.74 Å². The van der Waals surface area contributed by atoms with E-state index in [1.807, 2.05) is 24.3 Å².